The molecule has 140 valence electrons. The average Bonchev–Trinajstić information content (AvgIpc) is 2.73. The zero-order chi connectivity index (χ0) is 19.3. The average molecular weight is 375 g/mol. The lowest BCUT2D eigenvalue weighted by atomic mass is 10.0. The zero-order valence-corrected chi connectivity index (χ0v) is 15.2. The first-order valence-corrected chi connectivity index (χ1v) is 9.07. The topological polar surface area (TPSA) is 21.3 Å². The number of hydrogen-bond donors (Lipinski definition) is 1. The van der Waals surface area contributed by atoms with Gasteiger partial charge < -0.3 is 10.1 Å². The summed E-state index contributed by atoms with van der Waals surface area (Å²) in [6.45, 7) is 0.647. The van der Waals surface area contributed by atoms with Gasteiger partial charge in [-0.2, -0.15) is 0 Å². The highest BCUT2D eigenvalue weighted by Gasteiger charge is 2.10. The molecule has 0 atom stereocenters. The first-order valence-electron chi connectivity index (χ1n) is 9.07. The zero-order valence-electron chi connectivity index (χ0n) is 15.2. The van der Waals surface area contributed by atoms with Gasteiger partial charge in [-0.25, -0.2) is 8.78 Å². The standard InChI is InChI=1S/C24H19F2NO/c25-19-10-12-20(13-11-19)27-15-22-21-7-3-1-5-17(21)9-14-24(22)28-16-18-6-2-4-8-23(18)26/h1-14,27H,15-16H2. The highest BCUT2D eigenvalue weighted by Crippen LogP contribution is 2.30. The summed E-state index contributed by atoms with van der Waals surface area (Å²) >= 11 is 0. The Kier molecular flexibility index (Phi) is 5.20. The summed E-state index contributed by atoms with van der Waals surface area (Å²) in [7, 11) is 0. The maximum Gasteiger partial charge on any atom is 0.129 e. The molecule has 4 heteroatoms. The van der Waals surface area contributed by atoms with E-state index < -0.39 is 0 Å². The fourth-order valence-corrected chi connectivity index (χ4v) is 3.16. The van der Waals surface area contributed by atoms with Crippen molar-refractivity contribution in [1.82, 2.24) is 0 Å². The Bertz CT molecular complexity index is 1090. The first kappa shape index (κ1) is 18.0. The summed E-state index contributed by atoms with van der Waals surface area (Å²) in [6.07, 6.45) is 0. The largest absolute Gasteiger partial charge is 0.488 e. The van der Waals surface area contributed by atoms with Crippen LogP contribution in [0.25, 0.3) is 10.8 Å². The van der Waals surface area contributed by atoms with E-state index in [4.69, 9.17) is 4.74 Å². The van der Waals surface area contributed by atoms with Gasteiger partial charge in [0.15, 0.2) is 0 Å². The van der Waals surface area contributed by atoms with Crippen LogP contribution in [0.15, 0.2) is 84.9 Å². The highest BCUT2D eigenvalue weighted by molar-refractivity contribution is 5.88. The molecule has 4 aromatic carbocycles. The Hall–Kier alpha value is -3.40. The molecule has 2 nitrogen and oxygen atoms in total. The number of fused-ring (bicyclic) bond motifs is 1. The first-order chi connectivity index (χ1) is 13.7. The maximum atomic E-state index is 13.9. The SMILES string of the molecule is Fc1ccc(NCc2c(OCc3ccccc3F)ccc3ccccc23)cc1. The van der Waals surface area contributed by atoms with E-state index in [-0.39, 0.29) is 18.2 Å². The minimum absolute atomic E-state index is 0.147. The Labute approximate surface area is 162 Å². The number of nitrogens with one attached hydrogen (secondary N) is 1. The second kappa shape index (κ2) is 8.09. The lowest BCUT2D eigenvalue weighted by molar-refractivity contribution is 0.297. The number of rotatable bonds is 6. The Balaban J connectivity index is 1.62. The molecule has 0 aliphatic carbocycles. The summed E-state index contributed by atoms with van der Waals surface area (Å²) in [4.78, 5) is 0. The monoisotopic (exact) mass is 375 g/mol. The Morgan fingerprint density at radius 1 is 0.750 bits per heavy atom. The van der Waals surface area contributed by atoms with Gasteiger partial charge in [0.25, 0.3) is 0 Å². The van der Waals surface area contributed by atoms with Crippen LogP contribution >= 0.6 is 0 Å². The van der Waals surface area contributed by atoms with Gasteiger partial charge in [-0.15, -0.1) is 0 Å². The van der Waals surface area contributed by atoms with Gasteiger partial charge >= 0.3 is 0 Å². The summed E-state index contributed by atoms with van der Waals surface area (Å²) in [5.74, 6) is 0.135. The third kappa shape index (κ3) is 3.96. The predicted octanol–water partition coefficient (Wildman–Crippen LogP) is 6.31. The molecule has 0 aliphatic heterocycles. The molecular formula is C24H19F2NO. The number of hydrogen-bond acceptors (Lipinski definition) is 2. The van der Waals surface area contributed by atoms with Crippen LogP contribution in [0.3, 0.4) is 0 Å². The summed E-state index contributed by atoms with van der Waals surface area (Å²) < 4.78 is 33.0. The van der Waals surface area contributed by atoms with E-state index in [0.717, 1.165) is 22.0 Å². The normalized spacial score (nSPS) is 10.8. The fourth-order valence-electron chi connectivity index (χ4n) is 3.16. The maximum absolute atomic E-state index is 13.9. The van der Waals surface area contributed by atoms with E-state index in [2.05, 4.69) is 5.32 Å². The molecule has 0 saturated carbocycles. The Morgan fingerprint density at radius 3 is 2.32 bits per heavy atom. The molecule has 4 aromatic rings. The smallest absolute Gasteiger partial charge is 0.129 e. The van der Waals surface area contributed by atoms with E-state index >= 15 is 0 Å². The minimum atomic E-state index is -0.283. The molecule has 28 heavy (non-hydrogen) atoms. The van der Waals surface area contributed by atoms with Crippen molar-refractivity contribution in [3.8, 4) is 5.75 Å². The van der Waals surface area contributed by atoms with Crippen molar-refractivity contribution >= 4 is 16.5 Å². The second-order valence-corrected chi connectivity index (χ2v) is 6.50. The molecule has 0 aliphatic rings. The highest BCUT2D eigenvalue weighted by atomic mass is 19.1. The fraction of sp³-hybridized carbons (Fsp3) is 0.0833. The molecule has 0 fully saturated rings. The molecular weight excluding hydrogens is 356 g/mol. The van der Waals surface area contributed by atoms with Crippen molar-refractivity contribution in [2.75, 3.05) is 5.32 Å². The molecule has 0 saturated heterocycles. The lowest BCUT2D eigenvalue weighted by Crippen LogP contribution is -2.05. The van der Waals surface area contributed by atoms with Crippen LogP contribution in [0, 0.1) is 11.6 Å². The Morgan fingerprint density at radius 2 is 1.50 bits per heavy atom. The van der Waals surface area contributed by atoms with E-state index in [1.165, 1.54) is 18.2 Å². The van der Waals surface area contributed by atoms with Crippen LogP contribution in [0.2, 0.25) is 0 Å². The summed E-state index contributed by atoms with van der Waals surface area (Å²) in [6, 6.07) is 24.8. The van der Waals surface area contributed by atoms with Gasteiger partial charge in [-0.05, 0) is 47.2 Å². The van der Waals surface area contributed by atoms with Crippen LogP contribution in [0.5, 0.6) is 5.75 Å². The molecule has 1 N–H and O–H groups in total. The van der Waals surface area contributed by atoms with E-state index in [1.54, 1.807) is 30.3 Å². The third-order valence-electron chi connectivity index (χ3n) is 4.65. The van der Waals surface area contributed by atoms with Gasteiger partial charge in [0.05, 0.1) is 0 Å². The number of benzene rings is 4. The lowest BCUT2D eigenvalue weighted by Gasteiger charge is -2.16. The van der Waals surface area contributed by atoms with Gasteiger partial charge in [0, 0.05) is 23.4 Å². The van der Waals surface area contributed by atoms with Crippen LogP contribution in [-0.2, 0) is 13.2 Å². The second-order valence-electron chi connectivity index (χ2n) is 6.50. The number of anilines is 1. The van der Waals surface area contributed by atoms with Crippen molar-refractivity contribution in [3.05, 3.63) is 108 Å². The van der Waals surface area contributed by atoms with E-state index in [0.29, 0.717) is 17.9 Å². The van der Waals surface area contributed by atoms with Crippen molar-refractivity contribution in [1.29, 1.82) is 0 Å². The molecule has 0 heterocycles. The minimum Gasteiger partial charge on any atom is -0.488 e. The molecule has 0 radical (unpaired) electrons. The van der Waals surface area contributed by atoms with E-state index in [1.807, 2.05) is 36.4 Å². The number of halogens is 2. The molecule has 0 amide bonds. The molecule has 0 aromatic heterocycles. The van der Waals surface area contributed by atoms with Crippen LogP contribution in [0.1, 0.15) is 11.1 Å². The summed E-state index contributed by atoms with van der Waals surface area (Å²) in [5, 5.41) is 5.46. The van der Waals surface area contributed by atoms with Crippen LogP contribution < -0.4 is 10.1 Å². The van der Waals surface area contributed by atoms with Crippen molar-refractivity contribution in [2.45, 2.75) is 13.2 Å². The predicted molar refractivity (Wildman–Crippen MR) is 108 cm³/mol. The quantitative estimate of drug-likeness (QED) is 0.426. The van der Waals surface area contributed by atoms with Gasteiger partial charge in [0.1, 0.15) is 24.0 Å². The number of ether oxygens (including phenoxy) is 1. The van der Waals surface area contributed by atoms with Crippen molar-refractivity contribution < 1.29 is 13.5 Å². The molecule has 4 rings (SSSR count). The third-order valence-corrected chi connectivity index (χ3v) is 4.65. The van der Waals surface area contributed by atoms with Gasteiger partial charge in [0.2, 0.25) is 0 Å². The molecule has 0 spiro atoms. The van der Waals surface area contributed by atoms with Crippen molar-refractivity contribution in [2.24, 2.45) is 0 Å². The van der Waals surface area contributed by atoms with E-state index in [9.17, 15) is 8.78 Å². The van der Waals surface area contributed by atoms with Gasteiger partial charge in [-0.1, -0.05) is 48.5 Å². The van der Waals surface area contributed by atoms with Gasteiger partial charge in [-0.3, -0.25) is 0 Å². The van der Waals surface area contributed by atoms with Crippen molar-refractivity contribution in [3.63, 3.8) is 0 Å². The summed E-state index contributed by atoms with van der Waals surface area (Å²) in [5.41, 5.74) is 2.29. The van der Waals surface area contributed by atoms with Crippen LogP contribution in [-0.4, -0.2) is 0 Å². The molecule has 0 unspecified atom stereocenters. The molecule has 0 bridgehead atoms. The van der Waals surface area contributed by atoms with Crippen LogP contribution in [0.4, 0.5) is 14.5 Å².